The summed E-state index contributed by atoms with van der Waals surface area (Å²) in [5, 5.41) is 11.4. The molecule has 0 spiro atoms. The van der Waals surface area contributed by atoms with Crippen molar-refractivity contribution in [1.29, 1.82) is 0 Å². The van der Waals surface area contributed by atoms with Gasteiger partial charge in [-0.1, -0.05) is 19.1 Å². The summed E-state index contributed by atoms with van der Waals surface area (Å²) in [5.41, 5.74) is 1.49. The number of aliphatic carboxylic acids is 1. The van der Waals surface area contributed by atoms with Crippen molar-refractivity contribution in [2.45, 2.75) is 39.0 Å². The van der Waals surface area contributed by atoms with Crippen LogP contribution in [-0.4, -0.2) is 45.9 Å². The fourth-order valence-electron chi connectivity index (χ4n) is 2.71. The lowest BCUT2D eigenvalue weighted by Gasteiger charge is -2.11. The first-order valence-corrected chi connectivity index (χ1v) is 8.20. The first kappa shape index (κ1) is 18.7. The summed E-state index contributed by atoms with van der Waals surface area (Å²) in [6, 6.07) is 7.47. The van der Waals surface area contributed by atoms with Crippen molar-refractivity contribution in [2.75, 3.05) is 13.7 Å². The largest absolute Gasteiger partial charge is 0.479 e. The van der Waals surface area contributed by atoms with Gasteiger partial charge in [-0.25, -0.2) is 9.59 Å². The minimum absolute atomic E-state index is 0.0795. The molecule has 0 aliphatic rings. The van der Waals surface area contributed by atoms with E-state index in [1.807, 2.05) is 31.2 Å². The monoisotopic (exact) mass is 349 g/mol. The van der Waals surface area contributed by atoms with Gasteiger partial charge < -0.3 is 15.2 Å². The predicted octanol–water partition coefficient (Wildman–Crippen LogP) is 0.819. The van der Waals surface area contributed by atoms with Gasteiger partial charge >= 0.3 is 11.7 Å². The third-order valence-corrected chi connectivity index (χ3v) is 3.98. The highest BCUT2D eigenvalue weighted by molar-refractivity contribution is 5.79. The number of nitrogens with zero attached hydrogens (tertiary/aromatic N) is 2. The molecular weight excluding hydrogens is 326 g/mol. The van der Waals surface area contributed by atoms with Gasteiger partial charge in [0.25, 0.3) is 0 Å². The van der Waals surface area contributed by atoms with Gasteiger partial charge in [0.1, 0.15) is 0 Å². The van der Waals surface area contributed by atoms with Crippen LogP contribution in [0.4, 0.5) is 0 Å². The predicted molar refractivity (Wildman–Crippen MR) is 92.5 cm³/mol. The number of hydrogen-bond acceptors (Lipinski definition) is 4. The molecule has 0 radical (unpaired) electrons. The van der Waals surface area contributed by atoms with E-state index in [4.69, 9.17) is 9.84 Å². The molecule has 8 nitrogen and oxygen atoms in total. The van der Waals surface area contributed by atoms with Crippen LogP contribution in [0.1, 0.15) is 19.8 Å². The molecule has 1 amide bonds. The van der Waals surface area contributed by atoms with Gasteiger partial charge in [-0.05, 0) is 18.6 Å². The van der Waals surface area contributed by atoms with E-state index in [0.717, 1.165) is 17.5 Å². The molecule has 0 bridgehead atoms. The van der Waals surface area contributed by atoms with E-state index in [2.05, 4.69) is 5.32 Å². The van der Waals surface area contributed by atoms with Gasteiger partial charge in [0.05, 0.1) is 17.6 Å². The van der Waals surface area contributed by atoms with Crippen LogP contribution >= 0.6 is 0 Å². The van der Waals surface area contributed by atoms with E-state index in [9.17, 15) is 14.4 Å². The van der Waals surface area contributed by atoms with Gasteiger partial charge in [0.15, 0.2) is 6.10 Å². The fourth-order valence-corrected chi connectivity index (χ4v) is 2.71. The SMILES string of the molecule is CCCn1c(=O)n(CCC(=O)NCC(OC)C(=O)O)c2ccccc21. The van der Waals surface area contributed by atoms with Crippen LogP contribution in [0.2, 0.25) is 0 Å². The molecule has 25 heavy (non-hydrogen) atoms. The lowest BCUT2D eigenvalue weighted by atomic mass is 10.3. The van der Waals surface area contributed by atoms with Crippen molar-refractivity contribution in [2.24, 2.45) is 0 Å². The van der Waals surface area contributed by atoms with Gasteiger partial charge in [-0.3, -0.25) is 13.9 Å². The van der Waals surface area contributed by atoms with Crippen LogP contribution in [0.15, 0.2) is 29.1 Å². The highest BCUT2D eigenvalue weighted by atomic mass is 16.5. The summed E-state index contributed by atoms with van der Waals surface area (Å²) >= 11 is 0. The Morgan fingerprint density at radius 2 is 1.80 bits per heavy atom. The Kier molecular flexibility index (Phi) is 6.35. The molecule has 0 aliphatic heterocycles. The number of ether oxygens (including phenoxy) is 1. The maximum atomic E-state index is 12.6. The van der Waals surface area contributed by atoms with Gasteiger partial charge in [0.2, 0.25) is 5.91 Å². The van der Waals surface area contributed by atoms with Crippen molar-refractivity contribution < 1.29 is 19.4 Å². The Hall–Kier alpha value is -2.61. The second kappa shape index (κ2) is 8.48. The van der Waals surface area contributed by atoms with Crippen LogP contribution in [0.3, 0.4) is 0 Å². The minimum atomic E-state index is -1.14. The molecule has 2 rings (SSSR count). The zero-order valence-corrected chi connectivity index (χ0v) is 14.4. The summed E-state index contributed by atoms with van der Waals surface area (Å²) < 4.78 is 8.05. The molecule has 0 saturated heterocycles. The smallest absolute Gasteiger partial charge is 0.334 e. The summed E-state index contributed by atoms with van der Waals surface area (Å²) in [7, 11) is 1.27. The quantitative estimate of drug-likeness (QED) is 0.698. The Bertz CT molecular complexity index is 808. The van der Waals surface area contributed by atoms with E-state index in [1.165, 1.54) is 7.11 Å². The summed E-state index contributed by atoms with van der Waals surface area (Å²) in [4.78, 5) is 35.4. The van der Waals surface area contributed by atoms with Crippen molar-refractivity contribution in [3.8, 4) is 0 Å². The van der Waals surface area contributed by atoms with Crippen molar-refractivity contribution in [1.82, 2.24) is 14.5 Å². The van der Waals surface area contributed by atoms with Crippen LogP contribution in [0, 0.1) is 0 Å². The lowest BCUT2D eigenvalue weighted by molar-refractivity contribution is -0.148. The van der Waals surface area contributed by atoms with Crippen LogP contribution in [0.5, 0.6) is 0 Å². The molecule has 0 fully saturated rings. The number of hydrogen-bond donors (Lipinski definition) is 2. The number of methoxy groups -OCH3 is 1. The lowest BCUT2D eigenvalue weighted by Crippen LogP contribution is -2.38. The van der Waals surface area contributed by atoms with E-state index in [0.29, 0.717) is 6.54 Å². The van der Waals surface area contributed by atoms with Gasteiger partial charge in [0, 0.05) is 26.6 Å². The summed E-state index contributed by atoms with van der Waals surface area (Å²) in [5.74, 6) is -1.47. The van der Waals surface area contributed by atoms with Crippen LogP contribution in [-0.2, 0) is 27.4 Å². The Labute approximate surface area is 145 Å². The fraction of sp³-hybridized carbons (Fsp3) is 0.471. The normalized spacial score (nSPS) is 12.2. The van der Waals surface area contributed by atoms with Gasteiger partial charge in [-0.15, -0.1) is 0 Å². The maximum absolute atomic E-state index is 12.6. The highest BCUT2D eigenvalue weighted by Gasteiger charge is 2.18. The molecule has 1 unspecified atom stereocenters. The average Bonchev–Trinajstić information content (AvgIpc) is 2.86. The highest BCUT2D eigenvalue weighted by Crippen LogP contribution is 2.13. The van der Waals surface area contributed by atoms with Crippen molar-refractivity contribution in [3.63, 3.8) is 0 Å². The standard InChI is InChI=1S/C17H23N3O5/c1-3-9-19-12-6-4-5-7-13(12)20(17(19)24)10-8-15(21)18-11-14(25-2)16(22)23/h4-7,14H,3,8-11H2,1-2H3,(H,18,21)(H,22,23). The number of rotatable bonds is 9. The third kappa shape index (κ3) is 4.27. The summed E-state index contributed by atoms with van der Waals surface area (Å²) in [6.45, 7) is 2.73. The third-order valence-electron chi connectivity index (χ3n) is 3.98. The first-order chi connectivity index (χ1) is 12.0. The first-order valence-electron chi connectivity index (χ1n) is 8.20. The number of carbonyl (C=O) groups is 2. The van der Waals surface area contributed by atoms with Crippen LogP contribution < -0.4 is 11.0 Å². The van der Waals surface area contributed by atoms with E-state index >= 15 is 0 Å². The number of imidazole rings is 1. The molecule has 1 aromatic heterocycles. The Balaban J connectivity index is 2.08. The number of amides is 1. The number of benzene rings is 1. The molecule has 2 aromatic rings. The molecular formula is C17H23N3O5. The number of nitrogens with one attached hydrogen (secondary N) is 1. The number of para-hydroxylation sites is 2. The zero-order valence-electron chi connectivity index (χ0n) is 14.4. The molecule has 0 aliphatic carbocycles. The molecule has 136 valence electrons. The van der Waals surface area contributed by atoms with Crippen LogP contribution in [0.25, 0.3) is 11.0 Å². The number of fused-ring (bicyclic) bond motifs is 1. The molecule has 8 heteroatoms. The molecule has 2 N–H and O–H groups in total. The Morgan fingerprint density at radius 3 is 2.32 bits per heavy atom. The second-order valence-electron chi connectivity index (χ2n) is 5.69. The molecule has 1 heterocycles. The van der Waals surface area contributed by atoms with Gasteiger partial charge in [-0.2, -0.15) is 0 Å². The van der Waals surface area contributed by atoms with E-state index < -0.39 is 12.1 Å². The van der Waals surface area contributed by atoms with E-state index in [1.54, 1.807) is 9.13 Å². The number of aromatic nitrogens is 2. The Morgan fingerprint density at radius 1 is 1.20 bits per heavy atom. The number of carboxylic acid groups (broad SMARTS) is 1. The molecule has 1 aromatic carbocycles. The average molecular weight is 349 g/mol. The minimum Gasteiger partial charge on any atom is -0.479 e. The number of carbonyl (C=O) groups excluding carboxylic acids is 1. The second-order valence-corrected chi connectivity index (χ2v) is 5.69. The summed E-state index contributed by atoms with van der Waals surface area (Å²) in [6.07, 6.45) is -0.170. The number of carboxylic acids is 1. The maximum Gasteiger partial charge on any atom is 0.334 e. The molecule has 0 saturated carbocycles. The number of aryl methyl sites for hydroxylation is 2. The van der Waals surface area contributed by atoms with Crippen molar-refractivity contribution in [3.05, 3.63) is 34.7 Å². The topological polar surface area (TPSA) is 103 Å². The zero-order chi connectivity index (χ0) is 18.4. The molecule has 1 atom stereocenters. The van der Waals surface area contributed by atoms with E-state index in [-0.39, 0.29) is 31.1 Å². The van der Waals surface area contributed by atoms with Crippen molar-refractivity contribution >= 4 is 22.9 Å².